The van der Waals surface area contributed by atoms with E-state index in [-0.39, 0.29) is 6.54 Å². The Morgan fingerprint density at radius 2 is 1.74 bits per heavy atom. The van der Waals surface area contributed by atoms with Crippen molar-refractivity contribution >= 4 is 23.8 Å². The van der Waals surface area contributed by atoms with Gasteiger partial charge in [0.1, 0.15) is 6.04 Å². The van der Waals surface area contributed by atoms with E-state index in [4.69, 9.17) is 16.6 Å². The highest BCUT2D eigenvalue weighted by Crippen LogP contribution is 2.11. The maximum atomic E-state index is 11.4. The largest absolute Gasteiger partial charge is 0.480 e. The van der Waals surface area contributed by atoms with Crippen LogP contribution in [0.4, 0.5) is 4.79 Å². The van der Waals surface area contributed by atoms with Gasteiger partial charge >= 0.3 is 12.0 Å². The molecule has 1 atom stereocenters. The molecule has 7 N–H and O–H groups in total. The second kappa shape index (κ2) is 6.57. The Morgan fingerprint density at radius 1 is 1.21 bits per heavy atom. The van der Waals surface area contributed by atoms with Gasteiger partial charge in [-0.15, -0.1) is 0 Å². The number of carboxylic acid groups (broad SMARTS) is 1. The summed E-state index contributed by atoms with van der Waals surface area (Å²) in [6.07, 6.45) is -0.526. The highest BCUT2D eigenvalue weighted by Gasteiger charge is 2.27. The molecule has 0 heterocycles. The topological polar surface area (TPSA) is 165 Å². The zero-order valence-electron chi connectivity index (χ0n) is 10.7. The lowest BCUT2D eigenvalue weighted by Gasteiger charge is -2.21. The van der Waals surface area contributed by atoms with E-state index in [0.29, 0.717) is 0 Å². The molecule has 0 spiro atoms. The lowest BCUT2D eigenvalue weighted by molar-refractivity contribution is -0.140. The number of hydrogen-bond donors (Lipinski definition) is 5. The third-order valence-electron chi connectivity index (χ3n) is 2.37. The van der Waals surface area contributed by atoms with Crippen LogP contribution in [0.3, 0.4) is 0 Å². The quantitative estimate of drug-likeness (QED) is 0.366. The fourth-order valence-electron chi connectivity index (χ4n) is 0.999. The van der Waals surface area contributed by atoms with Gasteiger partial charge in [0.2, 0.25) is 11.8 Å². The van der Waals surface area contributed by atoms with E-state index in [1.54, 1.807) is 0 Å². The van der Waals surface area contributed by atoms with Crippen molar-refractivity contribution in [2.45, 2.75) is 26.3 Å². The normalized spacial score (nSPS) is 12.3. The molecule has 9 nitrogen and oxygen atoms in total. The summed E-state index contributed by atoms with van der Waals surface area (Å²) in [6, 6.07) is -2.25. The Labute approximate surface area is 109 Å². The van der Waals surface area contributed by atoms with Gasteiger partial charge in [-0.25, -0.2) is 9.59 Å². The van der Waals surface area contributed by atoms with Gasteiger partial charge in [-0.2, -0.15) is 0 Å². The summed E-state index contributed by atoms with van der Waals surface area (Å²) in [5.41, 5.74) is 8.99. The van der Waals surface area contributed by atoms with Gasteiger partial charge in [0.05, 0.1) is 11.8 Å². The Balaban J connectivity index is 4.40. The molecule has 0 aliphatic carbocycles. The van der Waals surface area contributed by atoms with Gasteiger partial charge in [-0.3, -0.25) is 9.59 Å². The van der Waals surface area contributed by atoms with Gasteiger partial charge in [0, 0.05) is 6.54 Å². The van der Waals surface area contributed by atoms with Crippen molar-refractivity contribution in [1.82, 2.24) is 10.6 Å². The molecule has 4 amide bonds. The van der Waals surface area contributed by atoms with Crippen LogP contribution in [0.1, 0.15) is 20.3 Å². The van der Waals surface area contributed by atoms with Gasteiger partial charge in [0.15, 0.2) is 0 Å². The summed E-state index contributed by atoms with van der Waals surface area (Å²) >= 11 is 0. The number of amides is 4. The summed E-state index contributed by atoms with van der Waals surface area (Å²) in [7, 11) is 0. The first-order valence-electron chi connectivity index (χ1n) is 5.41. The fourth-order valence-corrected chi connectivity index (χ4v) is 0.999. The van der Waals surface area contributed by atoms with Crippen molar-refractivity contribution in [2.24, 2.45) is 16.9 Å². The highest BCUT2D eigenvalue weighted by atomic mass is 16.4. The number of carbonyl (C=O) groups excluding carboxylic acids is 3. The summed E-state index contributed by atoms with van der Waals surface area (Å²) in [5, 5.41) is 13.1. The lowest BCUT2D eigenvalue weighted by Crippen LogP contribution is -2.50. The Hall–Kier alpha value is -2.32. The smallest absolute Gasteiger partial charge is 0.326 e. The molecule has 0 bridgehead atoms. The molecule has 9 heteroatoms. The molecule has 0 saturated heterocycles. The number of carboxylic acids is 1. The second-order valence-electron chi connectivity index (χ2n) is 4.64. The van der Waals surface area contributed by atoms with E-state index in [1.807, 2.05) is 0 Å². The summed E-state index contributed by atoms with van der Waals surface area (Å²) in [5.74, 6) is -2.85. The average molecular weight is 274 g/mol. The maximum absolute atomic E-state index is 11.4. The average Bonchev–Trinajstić information content (AvgIpc) is 2.24. The van der Waals surface area contributed by atoms with Crippen LogP contribution in [0.25, 0.3) is 0 Å². The van der Waals surface area contributed by atoms with Crippen LogP contribution in [0, 0.1) is 5.41 Å². The van der Waals surface area contributed by atoms with Crippen LogP contribution >= 0.6 is 0 Å². The zero-order valence-corrected chi connectivity index (χ0v) is 10.7. The van der Waals surface area contributed by atoms with Gasteiger partial charge in [-0.05, 0) is 13.8 Å². The monoisotopic (exact) mass is 274 g/mol. The predicted molar refractivity (Wildman–Crippen MR) is 64.7 cm³/mol. The van der Waals surface area contributed by atoms with Gasteiger partial charge < -0.3 is 27.2 Å². The SMILES string of the molecule is CC(C)(CNC(=O)NC(CC(N)=O)C(=O)O)C(N)=O. The van der Waals surface area contributed by atoms with Crippen LogP contribution in [0.2, 0.25) is 0 Å². The van der Waals surface area contributed by atoms with Crippen molar-refractivity contribution in [1.29, 1.82) is 0 Å². The Morgan fingerprint density at radius 3 is 2.11 bits per heavy atom. The first-order chi connectivity index (χ1) is 8.56. The summed E-state index contributed by atoms with van der Waals surface area (Å²) in [6.45, 7) is 2.97. The van der Waals surface area contributed by atoms with E-state index in [2.05, 4.69) is 10.6 Å². The Kier molecular flexibility index (Phi) is 5.77. The molecule has 19 heavy (non-hydrogen) atoms. The minimum Gasteiger partial charge on any atom is -0.480 e. The Bertz CT molecular complexity index is 393. The van der Waals surface area contributed by atoms with Crippen molar-refractivity contribution in [3.8, 4) is 0 Å². The van der Waals surface area contributed by atoms with E-state index in [9.17, 15) is 19.2 Å². The van der Waals surface area contributed by atoms with Crippen molar-refractivity contribution in [3.63, 3.8) is 0 Å². The number of nitrogens with two attached hydrogens (primary N) is 2. The lowest BCUT2D eigenvalue weighted by atomic mass is 9.93. The summed E-state index contributed by atoms with van der Waals surface area (Å²) < 4.78 is 0. The first kappa shape index (κ1) is 16.7. The molecular formula is C10H18N4O5. The number of aliphatic carboxylic acids is 1. The molecule has 108 valence electrons. The van der Waals surface area contributed by atoms with Gasteiger partial charge in [-0.1, -0.05) is 0 Å². The first-order valence-corrected chi connectivity index (χ1v) is 5.41. The van der Waals surface area contributed by atoms with E-state index in [1.165, 1.54) is 13.8 Å². The van der Waals surface area contributed by atoms with Gasteiger partial charge in [0.25, 0.3) is 0 Å². The van der Waals surface area contributed by atoms with Crippen molar-refractivity contribution < 1.29 is 24.3 Å². The third kappa shape index (κ3) is 6.24. The molecule has 0 saturated carbocycles. The van der Waals surface area contributed by atoms with Crippen LogP contribution in [0.5, 0.6) is 0 Å². The molecule has 0 aromatic carbocycles. The number of hydrogen-bond acceptors (Lipinski definition) is 4. The minimum absolute atomic E-state index is 0.0723. The number of rotatable bonds is 7. The molecule has 0 rings (SSSR count). The van der Waals surface area contributed by atoms with Crippen molar-refractivity contribution in [3.05, 3.63) is 0 Å². The molecule has 0 fully saturated rings. The second-order valence-corrected chi connectivity index (χ2v) is 4.64. The molecule has 0 aliphatic heterocycles. The van der Waals surface area contributed by atoms with Crippen LogP contribution in [-0.4, -0.2) is 41.5 Å². The summed E-state index contributed by atoms with van der Waals surface area (Å²) in [4.78, 5) is 43.8. The van der Waals surface area contributed by atoms with Crippen molar-refractivity contribution in [2.75, 3.05) is 6.54 Å². The number of nitrogens with one attached hydrogen (secondary N) is 2. The number of carbonyl (C=O) groups is 4. The molecule has 0 radical (unpaired) electrons. The van der Waals surface area contributed by atoms with E-state index < -0.39 is 41.7 Å². The standard InChI is InChI=1S/C10H18N4O5/c1-10(2,8(12)18)4-13-9(19)14-5(7(16)17)3-6(11)15/h5H,3-4H2,1-2H3,(H2,11,15)(H2,12,18)(H,16,17)(H2,13,14,19). The number of primary amides is 2. The molecule has 0 aromatic rings. The fraction of sp³-hybridized carbons (Fsp3) is 0.600. The predicted octanol–water partition coefficient (Wildman–Crippen LogP) is -1.87. The zero-order chi connectivity index (χ0) is 15.2. The molecule has 1 unspecified atom stereocenters. The highest BCUT2D eigenvalue weighted by molar-refractivity contribution is 5.88. The maximum Gasteiger partial charge on any atom is 0.326 e. The third-order valence-corrected chi connectivity index (χ3v) is 2.37. The molecular weight excluding hydrogens is 256 g/mol. The number of urea groups is 1. The van der Waals surface area contributed by atoms with E-state index >= 15 is 0 Å². The molecule has 0 aliphatic rings. The van der Waals surface area contributed by atoms with Crippen LogP contribution in [0.15, 0.2) is 0 Å². The minimum atomic E-state index is -1.42. The van der Waals surface area contributed by atoms with Crippen LogP contribution < -0.4 is 22.1 Å². The van der Waals surface area contributed by atoms with E-state index in [0.717, 1.165) is 0 Å². The molecule has 0 aromatic heterocycles. The van der Waals surface area contributed by atoms with Crippen LogP contribution in [-0.2, 0) is 14.4 Å².